The minimum absolute atomic E-state index is 0.167. The van der Waals surface area contributed by atoms with Crippen LogP contribution in [-0.2, 0) is 0 Å². The molecule has 4 rings (SSSR count). The van der Waals surface area contributed by atoms with E-state index in [0.29, 0.717) is 5.56 Å². The molecule has 25 heavy (non-hydrogen) atoms. The monoisotopic (exact) mass is 336 g/mol. The number of carbonyl (C=O) groups excluding carboxylic acids is 1. The fraction of sp³-hybridized carbons (Fsp3) is 0.263. The van der Waals surface area contributed by atoms with Crippen LogP contribution in [0.5, 0.6) is 0 Å². The lowest BCUT2D eigenvalue weighted by molar-refractivity contribution is 0.102. The highest BCUT2D eigenvalue weighted by Gasteiger charge is 2.20. The van der Waals surface area contributed by atoms with E-state index in [2.05, 4.69) is 20.4 Å². The summed E-state index contributed by atoms with van der Waals surface area (Å²) in [6.45, 7) is 1.56. The number of anilines is 2. The Balaban J connectivity index is 1.61. The van der Waals surface area contributed by atoms with Gasteiger partial charge >= 0.3 is 0 Å². The van der Waals surface area contributed by atoms with Crippen molar-refractivity contribution in [1.82, 2.24) is 10.2 Å². The summed E-state index contributed by atoms with van der Waals surface area (Å²) in [5.74, 6) is -0.167. The number of nitrogens with one attached hydrogen (secondary N) is 2. The highest BCUT2D eigenvalue weighted by atomic mass is 16.3. The average Bonchev–Trinajstić information content (AvgIpc) is 3.11. The minimum atomic E-state index is -0.226. The summed E-state index contributed by atoms with van der Waals surface area (Å²) in [6.07, 6.45) is 2.97. The number of aliphatic hydroxyl groups is 1. The van der Waals surface area contributed by atoms with E-state index in [0.717, 1.165) is 48.2 Å². The second-order valence-electron chi connectivity index (χ2n) is 6.33. The summed E-state index contributed by atoms with van der Waals surface area (Å²) >= 11 is 0. The molecular formula is C19H20N4O2. The molecule has 0 atom stereocenters. The van der Waals surface area contributed by atoms with E-state index >= 15 is 0 Å². The van der Waals surface area contributed by atoms with E-state index in [1.165, 1.54) is 0 Å². The van der Waals surface area contributed by atoms with Gasteiger partial charge in [-0.3, -0.25) is 9.89 Å². The first-order valence-electron chi connectivity index (χ1n) is 8.48. The molecule has 3 N–H and O–H groups in total. The Morgan fingerprint density at radius 3 is 2.80 bits per heavy atom. The molecule has 1 aliphatic heterocycles. The number of benzene rings is 2. The predicted molar refractivity (Wildman–Crippen MR) is 97.9 cm³/mol. The van der Waals surface area contributed by atoms with Crippen LogP contribution in [0.3, 0.4) is 0 Å². The van der Waals surface area contributed by atoms with Crippen LogP contribution in [0.2, 0.25) is 0 Å². The lowest BCUT2D eigenvalue weighted by Gasteiger charge is -2.32. The molecule has 0 unspecified atom stereocenters. The number of para-hydroxylation sites is 3. The number of nitrogens with zero attached hydrogens (tertiary/aromatic N) is 2. The van der Waals surface area contributed by atoms with Crippen molar-refractivity contribution >= 4 is 28.2 Å². The Hall–Kier alpha value is -2.86. The summed E-state index contributed by atoms with van der Waals surface area (Å²) in [5.41, 5.74) is 3.07. The van der Waals surface area contributed by atoms with Crippen LogP contribution in [-0.4, -0.2) is 40.4 Å². The summed E-state index contributed by atoms with van der Waals surface area (Å²) in [5, 5.41) is 20.5. The second-order valence-corrected chi connectivity index (χ2v) is 6.33. The topological polar surface area (TPSA) is 81.2 Å². The Labute approximate surface area is 145 Å². The molecule has 0 aliphatic carbocycles. The molecule has 1 aliphatic rings. The van der Waals surface area contributed by atoms with Crippen LogP contribution in [0.15, 0.2) is 48.7 Å². The van der Waals surface area contributed by atoms with Crippen molar-refractivity contribution in [2.24, 2.45) is 0 Å². The van der Waals surface area contributed by atoms with Gasteiger partial charge in [0.25, 0.3) is 5.91 Å². The summed E-state index contributed by atoms with van der Waals surface area (Å²) < 4.78 is 0. The lowest BCUT2D eigenvalue weighted by atomic mass is 10.1. The van der Waals surface area contributed by atoms with Crippen LogP contribution < -0.4 is 10.2 Å². The molecule has 0 radical (unpaired) electrons. The molecule has 6 nitrogen and oxygen atoms in total. The van der Waals surface area contributed by atoms with Crippen molar-refractivity contribution in [1.29, 1.82) is 0 Å². The first-order chi connectivity index (χ1) is 12.2. The Morgan fingerprint density at radius 1 is 1.16 bits per heavy atom. The van der Waals surface area contributed by atoms with Gasteiger partial charge in [-0.05, 0) is 31.0 Å². The highest BCUT2D eigenvalue weighted by molar-refractivity contribution is 6.12. The predicted octanol–water partition coefficient (Wildman–Crippen LogP) is 2.78. The Bertz CT molecular complexity index is 897. The zero-order chi connectivity index (χ0) is 17.2. The lowest BCUT2D eigenvalue weighted by Crippen LogP contribution is -2.36. The molecule has 0 spiro atoms. The number of fused-ring (bicyclic) bond motifs is 1. The van der Waals surface area contributed by atoms with Crippen LogP contribution in [0.1, 0.15) is 23.2 Å². The quantitative estimate of drug-likeness (QED) is 0.687. The van der Waals surface area contributed by atoms with Crippen molar-refractivity contribution in [3.05, 3.63) is 54.2 Å². The van der Waals surface area contributed by atoms with Gasteiger partial charge in [0, 0.05) is 18.5 Å². The number of rotatable bonds is 3. The molecule has 0 bridgehead atoms. The fourth-order valence-electron chi connectivity index (χ4n) is 3.31. The largest absolute Gasteiger partial charge is 0.393 e. The molecule has 0 saturated carbocycles. The van der Waals surface area contributed by atoms with Gasteiger partial charge in [-0.25, -0.2) is 0 Å². The average molecular weight is 336 g/mol. The van der Waals surface area contributed by atoms with Crippen molar-refractivity contribution < 1.29 is 9.90 Å². The molecule has 2 heterocycles. The van der Waals surface area contributed by atoms with Gasteiger partial charge in [-0.1, -0.05) is 24.3 Å². The molecule has 1 saturated heterocycles. The number of hydrogen-bond donors (Lipinski definition) is 3. The van der Waals surface area contributed by atoms with E-state index in [1.807, 2.05) is 36.4 Å². The number of aromatic nitrogens is 2. The van der Waals surface area contributed by atoms with E-state index in [9.17, 15) is 9.90 Å². The molecule has 3 aromatic rings. The summed E-state index contributed by atoms with van der Waals surface area (Å²) in [7, 11) is 0. The number of H-pyrrole nitrogens is 1. The van der Waals surface area contributed by atoms with Gasteiger partial charge in [-0.2, -0.15) is 5.10 Å². The maximum Gasteiger partial charge on any atom is 0.257 e. The van der Waals surface area contributed by atoms with E-state index in [1.54, 1.807) is 12.3 Å². The van der Waals surface area contributed by atoms with Crippen LogP contribution in [0.4, 0.5) is 11.4 Å². The Morgan fingerprint density at radius 2 is 1.96 bits per heavy atom. The van der Waals surface area contributed by atoms with Crippen molar-refractivity contribution in [3.8, 4) is 0 Å². The SMILES string of the molecule is O=C(Nc1ccccc1N1CCC(O)CC1)c1cccc2cn[nH]c12. The zero-order valence-electron chi connectivity index (χ0n) is 13.8. The van der Waals surface area contributed by atoms with Gasteiger partial charge in [0.1, 0.15) is 0 Å². The highest BCUT2D eigenvalue weighted by Crippen LogP contribution is 2.29. The number of hydrogen-bond acceptors (Lipinski definition) is 4. The molecule has 128 valence electrons. The number of amides is 1. The second kappa shape index (κ2) is 6.57. The number of carbonyl (C=O) groups is 1. The molecule has 2 aromatic carbocycles. The first-order valence-corrected chi connectivity index (χ1v) is 8.48. The van der Waals surface area contributed by atoms with Gasteiger partial charge in [0.2, 0.25) is 0 Å². The maximum absolute atomic E-state index is 12.8. The standard InChI is InChI=1S/C19H20N4O2/c24-14-8-10-23(11-9-14)17-7-2-1-6-16(17)21-19(25)15-5-3-4-13-12-20-22-18(13)15/h1-7,12,14,24H,8-11H2,(H,20,22)(H,21,25). The third kappa shape index (κ3) is 3.08. The third-order valence-corrected chi connectivity index (χ3v) is 4.68. The van der Waals surface area contributed by atoms with Gasteiger partial charge in [0.15, 0.2) is 0 Å². The van der Waals surface area contributed by atoms with E-state index in [-0.39, 0.29) is 12.0 Å². The van der Waals surface area contributed by atoms with Crippen LogP contribution >= 0.6 is 0 Å². The molecular weight excluding hydrogens is 316 g/mol. The minimum Gasteiger partial charge on any atom is -0.393 e. The van der Waals surface area contributed by atoms with E-state index < -0.39 is 0 Å². The van der Waals surface area contributed by atoms with Gasteiger partial charge < -0.3 is 15.3 Å². The number of piperidine rings is 1. The van der Waals surface area contributed by atoms with Crippen LogP contribution in [0.25, 0.3) is 10.9 Å². The van der Waals surface area contributed by atoms with Crippen molar-refractivity contribution in [2.75, 3.05) is 23.3 Å². The van der Waals surface area contributed by atoms with Crippen LogP contribution in [0, 0.1) is 0 Å². The normalized spacial score (nSPS) is 15.5. The number of aromatic amines is 1. The number of aliphatic hydroxyl groups excluding tert-OH is 1. The van der Waals surface area contributed by atoms with Crippen molar-refractivity contribution in [2.45, 2.75) is 18.9 Å². The smallest absolute Gasteiger partial charge is 0.257 e. The molecule has 1 amide bonds. The molecule has 1 fully saturated rings. The summed E-state index contributed by atoms with van der Waals surface area (Å²) in [6, 6.07) is 13.3. The summed E-state index contributed by atoms with van der Waals surface area (Å²) in [4.78, 5) is 15.0. The first kappa shape index (κ1) is 15.7. The van der Waals surface area contributed by atoms with Gasteiger partial charge in [0.05, 0.1) is 34.8 Å². The fourth-order valence-corrected chi connectivity index (χ4v) is 3.31. The maximum atomic E-state index is 12.8. The Kier molecular flexibility index (Phi) is 4.11. The van der Waals surface area contributed by atoms with Gasteiger partial charge in [-0.15, -0.1) is 0 Å². The van der Waals surface area contributed by atoms with Crippen molar-refractivity contribution in [3.63, 3.8) is 0 Å². The molecule has 6 heteroatoms. The molecule has 1 aromatic heterocycles. The third-order valence-electron chi connectivity index (χ3n) is 4.68. The van der Waals surface area contributed by atoms with E-state index in [4.69, 9.17) is 0 Å². The zero-order valence-corrected chi connectivity index (χ0v) is 13.8.